The first-order valence-corrected chi connectivity index (χ1v) is 9.56. The molecule has 4 heteroatoms. The topological polar surface area (TPSA) is 41.6 Å². The monoisotopic (exact) mass is 337 g/mol. The first kappa shape index (κ1) is 16.8. The fourth-order valence-electron chi connectivity index (χ4n) is 2.58. The van der Waals surface area contributed by atoms with Gasteiger partial charge in [-0.2, -0.15) is 0 Å². The van der Waals surface area contributed by atoms with E-state index in [1.807, 2.05) is 6.07 Å². The smallest absolute Gasteiger partial charge is 0.208 e. The fraction of sp³-hybridized carbons (Fsp3) is 0.300. The Morgan fingerprint density at radius 1 is 0.833 bits per heavy atom. The molecule has 0 aliphatic carbocycles. The predicted molar refractivity (Wildman–Crippen MR) is 102 cm³/mol. The molecule has 3 aromatic rings. The third kappa shape index (κ3) is 4.48. The Morgan fingerprint density at radius 2 is 1.54 bits per heavy atom. The van der Waals surface area contributed by atoms with Crippen molar-refractivity contribution in [3.05, 3.63) is 54.6 Å². The lowest BCUT2D eigenvalue weighted by atomic mass is 10.0. The van der Waals surface area contributed by atoms with Crippen LogP contribution in [0.15, 0.2) is 59.8 Å². The molecule has 0 aliphatic rings. The second-order valence-electron chi connectivity index (χ2n) is 5.82. The number of rotatable bonds is 8. The summed E-state index contributed by atoms with van der Waals surface area (Å²) < 4.78 is 0. The summed E-state index contributed by atoms with van der Waals surface area (Å²) in [7, 11) is 0. The standard InChI is InChI=1S/C20H23N3S/c1-2-3-4-8-15-24-20-21-19(22-23-20)18-13-11-17(12-14-18)16-9-6-5-7-10-16/h5-7,9-14H,2-4,8,15H2,1H3,(H,21,22,23). The van der Waals surface area contributed by atoms with Crippen molar-refractivity contribution >= 4 is 11.8 Å². The average molecular weight is 337 g/mol. The maximum Gasteiger partial charge on any atom is 0.208 e. The highest BCUT2D eigenvalue weighted by Crippen LogP contribution is 2.24. The van der Waals surface area contributed by atoms with Gasteiger partial charge in [-0.3, -0.25) is 5.10 Å². The van der Waals surface area contributed by atoms with Crippen LogP contribution in [0.4, 0.5) is 0 Å². The van der Waals surface area contributed by atoms with Crippen LogP contribution >= 0.6 is 11.8 Å². The molecular weight excluding hydrogens is 314 g/mol. The van der Waals surface area contributed by atoms with Gasteiger partial charge in [-0.15, -0.1) is 5.10 Å². The van der Waals surface area contributed by atoms with Crippen LogP contribution in [0.3, 0.4) is 0 Å². The van der Waals surface area contributed by atoms with Crippen LogP contribution in [0.2, 0.25) is 0 Å². The maximum atomic E-state index is 4.60. The molecule has 0 bridgehead atoms. The molecule has 0 fully saturated rings. The number of nitrogens with zero attached hydrogens (tertiary/aromatic N) is 2. The van der Waals surface area contributed by atoms with Crippen molar-refractivity contribution in [1.82, 2.24) is 15.2 Å². The van der Waals surface area contributed by atoms with Gasteiger partial charge in [0, 0.05) is 11.3 Å². The van der Waals surface area contributed by atoms with Gasteiger partial charge in [0.05, 0.1) is 0 Å². The van der Waals surface area contributed by atoms with Crippen molar-refractivity contribution < 1.29 is 0 Å². The van der Waals surface area contributed by atoms with Crippen molar-refractivity contribution in [3.8, 4) is 22.5 Å². The van der Waals surface area contributed by atoms with E-state index in [2.05, 4.69) is 70.6 Å². The summed E-state index contributed by atoms with van der Waals surface area (Å²) in [6.07, 6.45) is 5.11. The Labute approximate surface area is 147 Å². The highest BCUT2D eigenvalue weighted by atomic mass is 32.2. The van der Waals surface area contributed by atoms with Gasteiger partial charge in [0.15, 0.2) is 5.82 Å². The van der Waals surface area contributed by atoms with Crippen LogP contribution in [-0.2, 0) is 0 Å². The van der Waals surface area contributed by atoms with Crippen molar-refractivity contribution in [2.24, 2.45) is 0 Å². The average Bonchev–Trinajstić information content (AvgIpc) is 3.11. The van der Waals surface area contributed by atoms with E-state index in [0.29, 0.717) is 0 Å². The largest absolute Gasteiger partial charge is 0.258 e. The Bertz CT molecular complexity index is 735. The van der Waals surface area contributed by atoms with Gasteiger partial charge in [-0.1, -0.05) is 92.5 Å². The minimum atomic E-state index is 0.839. The summed E-state index contributed by atoms with van der Waals surface area (Å²) in [6.45, 7) is 2.23. The summed E-state index contributed by atoms with van der Waals surface area (Å²) in [5.41, 5.74) is 3.51. The maximum absolute atomic E-state index is 4.60. The van der Waals surface area contributed by atoms with Gasteiger partial charge in [0.2, 0.25) is 5.16 Å². The zero-order valence-electron chi connectivity index (χ0n) is 14.0. The van der Waals surface area contributed by atoms with Crippen molar-refractivity contribution in [2.75, 3.05) is 5.75 Å². The molecule has 1 aromatic heterocycles. The molecule has 1 heterocycles. The van der Waals surface area contributed by atoms with E-state index in [-0.39, 0.29) is 0 Å². The van der Waals surface area contributed by atoms with E-state index in [0.717, 1.165) is 22.3 Å². The van der Waals surface area contributed by atoms with Crippen LogP contribution in [0.5, 0.6) is 0 Å². The zero-order chi connectivity index (χ0) is 16.6. The Morgan fingerprint density at radius 3 is 2.29 bits per heavy atom. The van der Waals surface area contributed by atoms with Crippen LogP contribution in [0, 0.1) is 0 Å². The van der Waals surface area contributed by atoms with E-state index in [1.165, 1.54) is 36.8 Å². The van der Waals surface area contributed by atoms with Crippen LogP contribution in [-0.4, -0.2) is 20.9 Å². The lowest BCUT2D eigenvalue weighted by Gasteiger charge is -2.02. The Balaban J connectivity index is 1.61. The molecular formula is C20H23N3S. The SMILES string of the molecule is CCCCCCSc1n[nH]c(-c2ccc(-c3ccccc3)cc2)n1. The van der Waals surface area contributed by atoms with Gasteiger partial charge in [-0.05, 0) is 17.5 Å². The van der Waals surface area contributed by atoms with Crippen LogP contribution in [0.1, 0.15) is 32.6 Å². The van der Waals surface area contributed by atoms with E-state index in [1.54, 1.807) is 11.8 Å². The summed E-state index contributed by atoms with van der Waals surface area (Å²) >= 11 is 1.73. The number of thioether (sulfide) groups is 1. The zero-order valence-corrected chi connectivity index (χ0v) is 14.9. The molecule has 3 nitrogen and oxygen atoms in total. The second kappa shape index (κ2) is 8.69. The molecule has 124 valence electrons. The normalized spacial score (nSPS) is 10.9. The number of H-pyrrole nitrogens is 1. The molecule has 1 N–H and O–H groups in total. The van der Waals surface area contributed by atoms with Crippen LogP contribution in [0.25, 0.3) is 22.5 Å². The number of aromatic nitrogens is 3. The molecule has 24 heavy (non-hydrogen) atoms. The minimum absolute atomic E-state index is 0.839. The summed E-state index contributed by atoms with van der Waals surface area (Å²) in [4.78, 5) is 4.60. The van der Waals surface area contributed by atoms with Gasteiger partial charge >= 0.3 is 0 Å². The molecule has 0 saturated heterocycles. The van der Waals surface area contributed by atoms with E-state index >= 15 is 0 Å². The predicted octanol–water partition coefficient (Wildman–Crippen LogP) is 5.81. The summed E-state index contributed by atoms with van der Waals surface area (Å²) in [6, 6.07) is 18.8. The molecule has 0 radical (unpaired) electrons. The van der Waals surface area contributed by atoms with Crippen LogP contribution < -0.4 is 0 Å². The highest BCUT2D eigenvalue weighted by Gasteiger charge is 2.06. The van der Waals surface area contributed by atoms with Crippen molar-refractivity contribution in [3.63, 3.8) is 0 Å². The lowest BCUT2D eigenvalue weighted by molar-refractivity contribution is 0.706. The van der Waals surface area contributed by atoms with Gasteiger partial charge in [-0.25, -0.2) is 4.98 Å². The number of hydrogen-bond acceptors (Lipinski definition) is 3. The second-order valence-corrected chi connectivity index (χ2v) is 6.88. The number of unbranched alkanes of at least 4 members (excludes halogenated alkanes) is 3. The Hall–Kier alpha value is -2.07. The number of hydrogen-bond donors (Lipinski definition) is 1. The molecule has 0 unspecified atom stereocenters. The van der Waals surface area contributed by atoms with Gasteiger partial charge < -0.3 is 0 Å². The molecule has 0 saturated carbocycles. The number of aromatic amines is 1. The van der Waals surface area contributed by atoms with E-state index in [4.69, 9.17) is 0 Å². The molecule has 0 atom stereocenters. The quantitative estimate of drug-likeness (QED) is 0.416. The van der Waals surface area contributed by atoms with E-state index < -0.39 is 0 Å². The molecule has 0 aliphatic heterocycles. The minimum Gasteiger partial charge on any atom is -0.258 e. The molecule has 0 spiro atoms. The molecule has 0 amide bonds. The van der Waals surface area contributed by atoms with Crippen molar-refractivity contribution in [2.45, 2.75) is 37.8 Å². The first-order valence-electron chi connectivity index (χ1n) is 8.58. The summed E-state index contributed by atoms with van der Waals surface area (Å²) in [5.74, 6) is 1.93. The number of nitrogens with one attached hydrogen (secondary N) is 1. The fourth-order valence-corrected chi connectivity index (χ4v) is 3.38. The Kier molecular flexibility index (Phi) is 6.07. The molecule has 2 aromatic carbocycles. The number of benzene rings is 2. The van der Waals surface area contributed by atoms with Crippen molar-refractivity contribution in [1.29, 1.82) is 0 Å². The third-order valence-corrected chi connectivity index (χ3v) is 4.89. The molecule has 3 rings (SSSR count). The van der Waals surface area contributed by atoms with Gasteiger partial charge in [0.1, 0.15) is 0 Å². The van der Waals surface area contributed by atoms with Gasteiger partial charge in [0.25, 0.3) is 0 Å². The lowest BCUT2D eigenvalue weighted by Crippen LogP contribution is -1.83. The third-order valence-electron chi connectivity index (χ3n) is 3.96. The van der Waals surface area contributed by atoms with E-state index in [9.17, 15) is 0 Å². The first-order chi connectivity index (χ1) is 11.9. The summed E-state index contributed by atoms with van der Waals surface area (Å²) in [5, 5.41) is 8.21. The highest BCUT2D eigenvalue weighted by molar-refractivity contribution is 7.99.